The van der Waals surface area contributed by atoms with E-state index in [-0.39, 0.29) is 0 Å². The van der Waals surface area contributed by atoms with Gasteiger partial charge in [0.2, 0.25) is 5.95 Å². The molecule has 3 heterocycles. The number of hydrogen-bond donors (Lipinski definition) is 2. The average Bonchev–Trinajstić information content (AvgIpc) is 3.07. The number of rotatable bonds is 4. The fourth-order valence-corrected chi connectivity index (χ4v) is 3.34. The molecule has 19 heavy (non-hydrogen) atoms. The van der Waals surface area contributed by atoms with Gasteiger partial charge in [-0.25, -0.2) is 10.8 Å². The zero-order valence-electron chi connectivity index (χ0n) is 10.3. The van der Waals surface area contributed by atoms with Crippen LogP contribution in [0.15, 0.2) is 28.3 Å². The van der Waals surface area contributed by atoms with Crippen LogP contribution in [0.1, 0.15) is 5.56 Å². The number of nitrogens with one attached hydrogen (secondary N) is 1. The van der Waals surface area contributed by atoms with Gasteiger partial charge >= 0.3 is 0 Å². The molecule has 3 rings (SSSR count). The molecule has 0 saturated carbocycles. The van der Waals surface area contributed by atoms with Crippen LogP contribution in [-0.2, 0) is 6.54 Å². The Morgan fingerprint density at radius 1 is 1.32 bits per heavy atom. The predicted octanol–water partition coefficient (Wildman–Crippen LogP) is 2.67. The number of anilines is 2. The van der Waals surface area contributed by atoms with E-state index in [2.05, 4.69) is 37.1 Å². The lowest BCUT2D eigenvalue weighted by Crippen LogP contribution is -2.19. The first-order valence-corrected chi connectivity index (χ1v) is 7.54. The molecular formula is C12H13N5S2. The van der Waals surface area contributed by atoms with E-state index in [1.54, 1.807) is 22.7 Å². The highest BCUT2D eigenvalue weighted by molar-refractivity contribution is 7.16. The molecule has 3 N–H and O–H groups in total. The Morgan fingerprint density at radius 2 is 2.21 bits per heavy atom. The smallest absolute Gasteiger partial charge is 0.240 e. The van der Waals surface area contributed by atoms with Gasteiger partial charge in [-0.15, -0.1) is 11.3 Å². The van der Waals surface area contributed by atoms with Crippen LogP contribution in [-0.4, -0.2) is 17.0 Å². The fourth-order valence-electron chi connectivity index (χ4n) is 1.93. The maximum Gasteiger partial charge on any atom is 0.240 e. The molecule has 0 radical (unpaired) electrons. The molecule has 0 aromatic carbocycles. The third-order valence-corrected chi connectivity index (χ3v) is 4.33. The summed E-state index contributed by atoms with van der Waals surface area (Å²) in [5.41, 5.74) is 3.80. The third-order valence-electron chi connectivity index (χ3n) is 2.80. The van der Waals surface area contributed by atoms with E-state index >= 15 is 0 Å². The van der Waals surface area contributed by atoms with E-state index in [9.17, 15) is 0 Å². The summed E-state index contributed by atoms with van der Waals surface area (Å²) in [6, 6.07) is 4.16. The van der Waals surface area contributed by atoms with E-state index in [4.69, 9.17) is 5.84 Å². The summed E-state index contributed by atoms with van der Waals surface area (Å²) < 4.78 is 0. The average molecular weight is 291 g/mol. The summed E-state index contributed by atoms with van der Waals surface area (Å²) in [4.78, 5) is 11.9. The van der Waals surface area contributed by atoms with Gasteiger partial charge in [0, 0.05) is 13.6 Å². The molecule has 5 nitrogen and oxygen atoms in total. The van der Waals surface area contributed by atoms with Crippen molar-refractivity contribution in [3.8, 4) is 0 Å². The maximum absolute atomic E-state index is 5.43. The van der Waals surface area contributed by atoms with Gasteiger partial charge < -0.3 is 4.90 Å². The van der Waals surface area contributed by atoms with Crippen LogP contribution < -0.4 is 16.2 Å². The van der Waals surface area contributed by atoms with Gasteiger partial charge in [0.1, 0.15) is 10.6 Å². The number of fused-ring (bicyclic) bond motifs is 1. The number of hydrogen-bond acceptors (Lipinski definition) is 7. The minimum absolute atomic E-state index is 0.446. The van der Waals surface area contributed by atoms with E-state index in [1.807, 2.05) is 18.5 Å². The fraction of sp³-hybridized carbons (Fsp3) is 0.167. The first-order valence-electron chi connectivity index (χ1n) is 5.72. The SMILES string of the molecule is CN(Cc1ccsc1)c1nc(NN)nc2sccc12. The van der Waals surface area contributed by atoms with E-state index in [0.29, 0.717) is 5.95 Å². The molecule has 0 unspecified atom stereocenters. The highest BCUT2D eigenvalue weighted by atomic mass is 32.1. The molecule has 0 amide bonds. The number of nitrogen functional groups attached to an aromatic ring is 1. The lowest BCUT2D eigenvalue weighted by atomic mass is 10.3. The lowest BCUT2D eigenvalue weighted by molar-refractivity contribution is 0.904. The summed E-state index contributed by atoms with van der Waals surface area (Å²) in [6.45, 7) is 0.815. The second-order valence-electron chi connectivity index (χ2n) is 4.14. The van der Waals surface area contributed by atoms with Crippen LogP contribution in [0.5, 0.6) is 0 Å². The molecule has 0 saturated heterocycles. The Morgan fingerprint density at radius 3 is 2.95 bits per heavy atom. The number of nitrogens with zero attached hydrogens (tertiary/aromatic N) is 3. The van der Waals surface area contributed by atoms with E-state index < -0.39 is 0 Å². The molecular weight excluding hydrogens is 278 g/mol. The quantitative estimate of drug-likeness (QED) is 0.571. The standard InChI is InChI=1S/C12H13N5S2/c1-17(6-8-2-4-18-7-8)10-9-3-5-19-11(9)15-12(14-10)16-13/h2-5,7H,6,13H2,1H3,(H,14,15,16). The molecule has 0 aliphatic carbocycles. The van der Waals surface area contributed by atoms with Gasteiger partial charge in [0.15, 0.2) is 0 Å². The van der Waals surface area contributed by atoms with Crippen molar-refractivity contribution in [2.45, 2.75) is 6.54 Å². The Labute approximate surface area is 118 Å². The van der Waals surface area contributed by atoms with Crippen molar-refractivity contribution in [2.75, 3.05) is 17.4 Å². The molecule has 0 spiro atoms. The molecule has 0 fully saturated rings. The molecule has 0 atom stereocenters. The monoisotopic (exact) mass is 291 g/mol. The van der Waals surface area contributed by atoms with Crippen LogP contribution >= 0.6 is 22.7 Å². The van der Waals surface area contributed by atoms with Gasteiger partial charge in [-0.2, -0.15) is 16.3 Å². The van der Waals surface area contributed by atoms with Crippen LogP contribution in [0.25, 0.3) is 10.2 Å². The molecule has 7 heteroatoms. The Balaban J connectivity index is 2.00. The van der Waals surface area contributed by atoms with Crippen molar-refractivity contribution in [1.82, 2.24) is 9.97 Å². The number of thiophene rings is 2. The van der Waals surface area contributed by atoms with Gasteiger partial charge in [-0.3, -0.25) is 5.43 Å². The van der Waals surface area contributed by atoms with E-state index in [1.165, 1.54) is 5.56 Å². The van der Waals surface area contributed by atoms with Crippen LogP contribution in [0, 0.1) is 0 Å². The maximum atomic E-state index is 5.43. The lowest BCUT2D eigenvalue weighted by Gasteiger charge is -2.18. The summed E-state index contributed by atoms with van der Waals surface area (Å²) in [5, 5.41) is 7.30. The summed E-state index contributed by atoms with van der Waals surface area (Å²) >= 11 is 3.29. The zero-order valence-corrected chi connectivity index (χ0v) is 12.0. The van der Waals surface area contributed by atoms with Gasteiger partial charge in [0.05, 0.1) is 5.39 Å². The summed E-state index contributed by atoms with van der Waals surface area (Å²) in [6.07, 6.45) is 0. The predicted molar refractivity (Wildman–Crippen MR) is 81.7 cm³/mol. The van der Waals surface area contributed by atoms with Crippen molar-refractivity contribution < 1.29 is 0 Å². The van der Waals surface area contributed by atoms with Crippen LogP contribution in [0.4, 0.5) is 11.8 Å². The molecule has 0 aliphatic heterocycles. The Hall–Kier alpha value is -1.70. The van der Waals surface area contributed by atoms with E-state index in [0.717, 1.165) is 22.6 Å². The molecule has 98 valence electrons. The Bertz CT molecular complexity index is 677. The Kier molecular flexibility index (Phi) is 3.33. The highest BCUT2D eigenvalue weighted by Crippen LogP contribution is 2.29. The number of hydrazine groups is 1. The normalized spacial score (nSPS) is 10.8. The molecule has 0 bridgehead atoms. The molecule has 3 aromatic heterocycles. The number of aromatic nitrogens is 2. The summed E-state index contributed by atoms with van der Waals surface area (Å²) in [7, 11) is 2.03. The van der Waals surface area contributed by atoms with Crippen molar-refractivity contribution in [3.05, 3.63) is 33.8 Å². The van der Waals surface area contributed by atoms with Crippen molar-refractivity contribution in [3.63, 3.8) is 0 Å². The zero-order chi connectivity index (χ0) is 13.2. The first-order chi connectivity index (χ1) is 9.28. The highest BCUT2D eigenvalue weighted by Gasteiger charge is 2.12. The molecule has 0 aliphatic rings. The van der Waals surface area contributed by atoms with Crippen molar-refractivity contribution in [2.24, 2.45) is 5.84 Å². The topological polar surface area (TPSA) is 67.1 Å². The minimum Gasteiger partial charge on any atom is -0.355 e. The largest absolute Gasteiger partial charge is 0.355 e. The minimum atomic E-state index is 0.446. The summed E-state index contributed by atoms with van der Waals surface area (Å²) in [5.74, 6) is 6.77. The number of nitrogens with two attached hydrogens (primary N) is 1. The third kappa shape index (κ3) is 2.40. The second-order valence-corrected chi connectivity index (χ2v) is 5.82. The van der Waals surface area contributed by atoms with Crippen molar-refractivity contribution in [1.29, 1.82) is 0 Å². The van der Waals surface area contributed by atoms with Gasteiger partial charge in [-0.1, -0.05) is 0 Å². The van der Waals surface area contributed by atoms with Crippen LogP contribution in [0.2, 0.25) is 0 Å². The first kappa shape index (κ1) is 12.3. The van der Waals surface area contributed by atoms with Gasteiger partial charge in [0.25, 0.3) is 0 Å². The van der Waals surface area contributed by atoms with Gasteiger partial charge in [-0.05, 0) is 33.8 Å². The molecule has 3 aromatic rings. The van der Waals surface area contributed by atoms with Crippen molar-refractivity contribution >= 4 is 44.7 Å². The van der Waals surface area contributed by atoms with Crippen LogP contribution in [0.3, 0.4) is 0 Å². The second kappa shape index (κ2) is 5.12.